The van der Waals surface area contributed by atoms with Gasteiger partial charge >= 0.3 is 0 Å². The number of nitrogens with one attached hydrogen (secondary N) is 1. The second-order valence-corrected chi connectivity index (χ2v) is 18.5. The van der Waals surface area contributed by atoms with Crippen LogP contribution in [0.3, 0.4) is 0 Å². The van der Waals surface area contributed by atoms with E-state index in [9.17, 15) is 19.4 Å². The topological polar surface area (TPSA) is 108 Å². The van der Waals surface area contributed by atoms with E-state index >= 15 is 0 Å². The third-order valence-electron chi connectivity index (χ3n) is 10.5. The molecule has 3 atom stereocenters. The van der Waals surface area contributed by atoms with E-state index in [2.05, 4.69) is 37.4 Å². The van der Waals surface area contributed by atoms with Crippen LogP contribution in [-0.2, 0) is 18.4 Å². The van der Waals surface area contributed by atoms with E-state index in [-0.39, 0.29) is 25.5 Å². The van der Waals surface area contributed by atoms with Gasteiger partial charge in [-0.25, -0.2) is 0 Å². The third-order valence-corrected chi connectivity index (χ3v) is 11.4. The summed E-state index contributed by atoms with van der Waals surface area (Å²) in [5.74, 6) is -0.230. The van der Waals surface area contributed by atoms with Crippen LogP contribution in [0.25, 0.3) is 0 Å². The number of carbonyl (C=O) groups excluding carboxylic acids is 1. The van der Waals surface area contributed by atoms with Gasteiger partial charge in [-0.3, -0.25) is 9.36 Å². The molecule has 0 spiro atoms. The number of likely N-dealkylation sites (N-methyl/N-ethyl adjacent to an activating group) is 1. The van der Waals surface area contributed by atoms with E-state index < -0.39 is 20.0 Å². The highest BCUT2D eigenvalue weighted by molar-refractivity contribution is 7.45. The number of aliphatic hydroxyl groups excluding tert-OH is 1. The maximum atomic E-state index is 12.8. The van der Waals surface area contributed by atoms with Crippen LogP contribution in [-0.4, -0.2) is 68.5 Å². The first kappa shape index (κ1) is 54.0. The van der Waals surface area contributed by atoms with Gasteiger partial charge in [0.1, 0.15) is 13.2 Å². The Bertz CT molecular complexity index is 953. The van der Waals surface area contributed by atoms with E-state index in [1.54, 1.807) is 0 Å². The summed E-state index contributed by atoms with van der Waals surface area (Å²) >= 11 is 0. The molecule has 0 aromatic heterocycles. The lowest BCUT2D eigenvalue weighted by molar-refractivity contribution is -0.870. The Morgan fingerprint density at radius 3 is 1.51 bits per heavy atom. The van der Waals surface area contributed by atoms with Crippen molar-refractivity contribution in [2.45, 2.75) is 225 Å². The fraction of sp³-hybridized carbons (Fsp3) is 0.891. The Labute approximate surface area is 341 Å². The van der Waals surface area contributed by atoms with Crippen LogP contribution in [0.5, 0.6) is 0 Å². The smallest absolute Gasteiger partial charge is 0.268 e. The second kappa shape index (κ2) is 38.5. The summed E-state index contributed by atoms with van der Waals surface area (Å²) in [5.41, 5.74) is 0. The molecule has 0 heterocycles. The normalized spacial score (nSPS) is 14.5. The largest absolute Gasteiger partial charge is 0.756 e. The quantitative estimate of drug-likeness (QED) is 0.0276. The highest BCUT2D eigenvalue weighted by atomic mass is 31.2. The van der Waals surface area contributed by atoms with Gasteiger partial charge in [0, 0.05) is 6.42 Å². The van der Waals surface area contributed by atoms with E-state index in [4.69, 9.17) is 9.05 Å². The highest BCUT2D eigenvalue weighted by Crippen LogP contribution is 2.38. The number of unbranched alkanes of at least 4 members (excludes halogenated alkanes) is 25. The monoisotopic (exact) mass is 799 g/mol. The minimum atomic E-state index is -4.57. The molecule has 0 aliphatic carbocycles. The van der Waals surface area contributed by atoms with Gasteiger partial charge in [-0.15, -0.1) is 0 Å². The fourth-order valence-electron chi connectivity index (χ4n) is 6.74. The molecular weight excluding hydrogens is 707 g/mol. The molecule has 55 heavy (non-hydrogen) atoms. The Morgan fingerprint density at radius 1 is 0.636 bits per heavy atom. The standard InChI is InChI=1S/C46H91N2O6P/c1-6-8-10-12-14-16-18-20-21-22-23-24-25-26-28-29-31-33-35-37-39-45(49)44(43-54-55(51,52)53-42-41-48(3,4)5)47-46(50)40-38-36-34-32-30-27-19-17-15-13-11-9-7-2/h27,30,34,36,44-45,49H,6-26,28-29,31-33,35,37-43H2,1-5H3,(H-,47,50,51,52)/b30-27-,36-34-. The van der Waals surface area contributed by atoms with Crippen LogP contribution in [0.15, 0.2) is 24.3 Å². The van der Waals surface area contributed by atoms with Crippen molar-refractivity contribution in [3.8, 4) is 0 Å². The van der Waals surface area contributed by atoms with E-state index in [1.165, 1.54) is 148 Å². The summed E-state index contributed by atoms with van der Waals surface area (Å²) in [4.78, 5) is 25.3. The van der Waals surface area contributed by atoms with Crippen molar-refractivity contribution in [2.75, 3.05) is 40.9 Å². The molecule has 0 bridgehead atoms. The minimum Gasteiger partial charge on any atom is -0.756 e. The zero-order chi connectivity index (χ0) is 40.7. The van der Waals surface area contributed by atoms with Gasteiger partial charge in [0.15, 0.2) is 0 Å². The van der Waals surface area contributed by atoms with Crippen LogP contribution in [0.2, 0.25) is 0 Å². The minimum absolute atomic E-state index is 0.00380. The van der Waals surface area contributed by atoms with Gasteiger partial charge in [0.25, 0.3) is 7.82 Å². The maximum Gasteiger partial charge on any atom is 0.268 e. The first-order valence-corrected chi connectivity index (χ1v) is 24.6. The number of phosphoric ester groups is 1. The average molecular weight is 799 g/mol. The summed E-state index contributed by atoms with van der Waals surface area (Å²) in [6.45, 7) is 4.67. The maximum absolute atomic E-state index is 12.8. The Morgan fingerprint density at radius 2 is 1.05 bits per heavy atom. The van der Waals surface area contributed by atoms with Crippen LogP contribution >= 0.6 is 7.82 Å². The number of quaternary nitrogens is 1. The van der Waals surface area contributed by atoms with E-state index in [1.807, 2.05) is 27.2 Å². The number of hydrogen-bond acceptors (Lipinski definition) is 6. The molecule has 0 saturated carbocycles. The summed E-state index contributed by atoms with van der Waals surface area (Å²) in [5, 5.41) is 13.9. The number of carbonyl (C=O) groups is 1. The molecule has 326 valence electrons. The predicted octanol–water partition coefficient (Wildman–Crippen LogP) is 12.3. The SMILES string of the molecule is CCCCCCCC/C=C\C/C=C\CCC(=O)NC(COP(=O)([O-])OCC[N+](C)(C)C)C(O)CCCCCCCCCCCCCCCCCCCCCC. The van der Waals surface area contributed by atoms with Crippen molar-refractivity contribution in [1.82, 2.24) is 5.32 Å². The van der Waals surface area contributed by atoms with E-state index in [0.29, 0.717) is 23.9 Å². The zero-order valence-corrected chi connectivity index (χ0v) is 37.8. The fourth-order valence-corrected chi connectivity index (χ4v) is 7.46. The number of rotatable bonds is 42. The van der Waals surface area contributed by atoms with Gasteiger partial charge < -0.3 is 28.8 Å². The zero-order valence-electron chi connectivity index (χ0n) is 36.9. The van der Waals surface area contributed by atoms with Gasteiger partial charge in [-0.1, -0.05) is 199 Å². The predicted molar refractivity (Wildman–Crippen MR) is 233 cm³/mol. The van der Waals surface area contributed by atoms with Gasteiger partial charge in [0.05, 0.1) is 39.9 Å². The lowest BCUT2D eigenvalue weighted by atomic mass is 10.0. The number of aliphatic hydroxyl groups is 1. The molecule has 0 radical (unpaired) electrons. The Kier molecular flexibility index (Phi) is 37.8. The molecule has 9 heteroatoms. The first-order chi connectivity index (χ1) is 26.5. The molecule has 0 saturated heterocycles. The van der Waals surface area contributed by atoms with Crippen molar-refractivity contribution >= 4 is 13.7 Å². The number of nitrogens with zero attached hydrogens (tertiary/aromatic N) is 1. The lowest BCUT2D eigenvalue weighted by Gasteiger charge is -2.30. The summed E-state index contributed by atoms with van der Waals surface area (Å²) in [6.07, 6.45) is 44.9. The highest BCUT2D eigenvalue weighted by Gasteiger charge is 2.24. The second-order valence-electron chi connectivity index (χ2n) is 17.1. The van der Waals surface area contributed by atoms with Gasteiger partial charge in [-0.05, 0) is 32.1 Å². The van der Waals surface area contributed by atoms with Gasteiger partial charge in [-0.2, -0.15) is 0 Å². The average Bonchev–Trinajstić information content (AvgIpc) is 3.13. The molecular formula is C46H91N2O6P. The molecule has 2 N–H and O–H groups in total. The lowest BCUT2D eigenvalue weighted by Crippen LogP contribution is -2.46. The molecule has 0 aromatic carbocycles. The summed E-state index contributed by atoms with van der Waals surface area (Å²) < 4.78 is 23.2. The molecule has 1 amide bonds. The van der Waals surface area contributed by atoms with E-state index in [0.717, 1.165) is 32.1 Å². The molecule has 0 aromatic rings. The van der Waals surface area contributed by atoms with Crippen molar-refractivity contribution in [2.24, 2.45) is 0 Å². The van der Waals surface area contributed by atoms with Crippen LogP contribution in [0.4, 0.5) is 0 Å². The summed E-state index contributed by atoms with van der Waals surface area (Å²) in [6, 6.07) is -0.828. The molecule has 0 rings (SSSR count). The number of hydrogen-bond donors (Lipinski definition) is 2. The van der Waals surface area contributed by atoms with Crippen LogP contribution in [0.1, 0.15) is 213 Å². The number of phosphoric acid groups is 1. The molecule has 8 nitrogen and oxygen atoms in total. The van der Waals surface area contributed by atoms with Crippen molar-refractivity contribution < 1.29 is 32.9 Å². The molecule has 3 unspecified atom stereocenters. The molecule has 0 fully saturated rings. The first-order valence-electron chi connectivity index (χ1n) is 23.2. The van der Waals surface area contributed by atoms with Crippen molar-refractivity contribution in [1.29, 1.82) is 0 Å². The third kappa shape index (κ3) is 41.0. The number of allylic oxidation sites excluding steroid dienone is 4. The Balaban J connectivity index is 4.35. The van der Waals surface area contributed by atoms with Crippen molar-refractivity contribution in [3.63, 3.8) is 0 Å². The van der Waals surface area contributed by atoms with Crippen LogP contribution in [0, 0.1) is 0 Å². The number of amides is 1. The summed E-state index contributed by atoms with van der Waals surface area (Å²) in [7, 11) is 1.28. The molecule has 0 aliphatic rings. The Hall–Kier alpha value is -1.02. The van der Waals surface area contributed by atoms with Crippen molar-refractivity contribution in [3.05, 3.63) is 24.3 Å². The molecule has 0 aliphatic heterocycles. The van der Waals surface area contributed by atoms with Crippen LogP contribution < -0.4 is 10.2 Å². The van der Waals surface area contributed by atoms with Gasteiger partial charge in [0.2, 0.25) is 5.91 Å².